The monoisotopic (exact) mass is 267 g/mol. The highest BCUT2D eigenvalue weighted by Gasteiger charge is 2.35. The summed E-state index contributed by atoms with van der Waals surface area (Å²) in [6.07, 6.45) is -4.59. The molecule has 6 heteroatoms. The van der Waals surface area contributed by atoms with Gasteiger partial charge in [-0.3, -0.25) is 4.79 Å². The number of rotatable bonds is 1. The molecule has 0 spiro atoms. The first-order chi connectivity index (χ1) is 7.88. The summed E-state index contributed by atoms with van der Waals surface area (Å²) in [5, 5.41) is 1.89. The van der Waals surface area contributed by atoms with Crippen molar-refractivity contribution in [2.75, 3.05) is 7.05 Å². The van der Waals surface area contributed by atoms with Crippen molar-refractivity contribution in [1.82, 2.24) is 5.32 Å². The number of halogens is 4. The Labute approximate surface area is 103 Å². The quantitative estimate of drug-likeness (QED) is 0.825. The molecule has 0 unspecified atom stereocenters. The van der Waals surface area contributed by atoms with Crippen molar-refractivity contribution in [1.29, 1.82) is 0 Å². The van der Waals surface area contributed by atoms with Gasteiger partial charge in [-0.15, -0.1) is 0 Å². The minimum Gasteiger partial charge on any atom is -0.355 e. The third-order valence-corrected chi connectivity index (χ3v) is 2.09. The van der Waals surface area contributed by atoms with Gasteiger partial charge in [-0.1, -0.05) is 31.5 Å². The SMILES string of the molecule is CC.CNC(=O)c1c(Cl)cccc1C(F)(F)F. The van der Waals surface area contributed by atoms with E-state index in [4.69, 9.17) is 11.6 Å². The minimum absolute atomic E-state index is 0.218. The van der Waals surface area contributed by atoms with Crippen molar-refractivity contribution >= 4 is 17.5 Å². The van der Waals surface area contributed by atoms with Gasteiger partial charge >= 0.3 is 6.18 Å². The fourth-order valence-electron chi connectivity index (χ4n) is 1.12. The average molecular weight is 268 g/mol. The molecule has 96 valence electrons. The van der Waals surface area contributed by atoms with E-state index in [-0.39, 0.29) is 5.02 Å². The van der Waals surface area contributed by atoms with Crippen LogP contribution < -0.4 is 5.32 Å². The zero-order chi connectivity index (χ0) is 13.6. The Kier molecular flexibility index (Phi) is 6.02. The molecule has 0 fully saturated rings. The molecule has 17 heavy (non-hydrogen) atoms. The van der Waals surface area contributed by atoms with Gasteiger partial charge in [0.15, 0.2) is 0 Å². The van der Waals surface area contributed by atoms with E-state index < -0.39 is 23.2 Å². The summed E-state index contributed by atoms with van der Waals surface area (Å²) in [6, 6.07) is 3.20. The normalized spacial score (nSPS) is 10.3. The number of hydrogen-bond acceptors (Lipinski definition) is 1. The van der Waals surface area contributed by atoms with Crippen LogP contribution in [0.15, 0.2) is 18.2 Å². The van der Waals surface area contributed by atoms with Crippen molar-refractivity contribution < 1.29 is 18.0 Å². The lowest BCUT2D eigenvalue weighted by molar-refractivity contribution is -0.137. The average Bonchev–Trinajstić information content (AvgIpc) is 2.29. The molecular formula is C11H13ClF3NO. The predicted octanol–water partition coefficient (Wildman–Crippen LogP) is 3.74. The van der Waals surface area contributed by atoms with Gasteiger partial charge in [-0.25, -0.2) is 0 Å². The Morgan fingerprint density at radius 1 is 1.29 bits per heavy atom. The van der Waals surface area contributed by atoms with Crippen LogP contribution in [-0.2, 0) is 6.18 Å². The summed E-state index contributed by atoms with van der Waals surface area (Å²) in [6.45, 7) is 4.00. The predicted molar refractivity (Wildman–Crippen MR) is 61.2 cm³/mol. The Bertz CT molecular complexity index is 391. The number of carbonyl (C=O) groups excluding carboxylic acids is 1. The van der Waals surface area contributed by atoms with Crippen LogP contribution >= 0.6 is 11.6 Å². The molecule has 0 saturated carbocycles. The van der Waals surface area contributed by atoms with Crippen molar-refractivity contribution in [3.63, 3.8) is 0 Å². The smallest absolute Gasteiger partial charge is 0.355 e. The molecular weight excluding hydrogens is 255 g/mol. The van der Waals surface area contributed by atoms with E-state index in [0.29, 0.717) is 0 Å². The van der Waals surface area contributed by atoms with E-state index in [1.165, 1.54) is 13.1 Å². The first kappa shape index (κ1) is 15.8. The van der Waals surface area contributed by atoms with Gasteiger partial charge in [0.1, 0.15) is 0 Å². The van der Waals surface area contributed by atoms with Gasteiger partial charge in [0, 0.05) is 7.05 Å². The Morgan fingerprint density at radius 3 is 2.24 bits per heavy atom. The summed E-state index contributed by atoms with van der Waals surface area (Å²) < 4.78 is 37.5. The van der Waals surface area contributed by atoms with Crippen LogP contribution in [0, 0.1) is 0 Å². The highest BCUT2D eigenvalue weighted by molar-refractivity contribution is 6.34. The maximum absolute atomic E-state index is 12.5. The molecule has 1 rings (SSSR count). The highest BCUT2D eigenvalue weighted by atomic mass is 35.5. The third-order valence-electron chi connectivity index (χ3n) is 1.77. The molecule has 0 aliphatic heterocycles. The van der Waals surface area contributed by atoms with Gasteiger partial charge in [-0.2, -0.15) is 13.2 Å². The maximum Gasteiger partial charge on any atom is 0.417 e. The molecule has 0 heterocycles. The summed E-state index contributed by atoms with van der Waals surface area (Å²) in [7, 11) is 1.24. The molecule has 0 radical (unpaired) electrons. The van der Waals surface area contributed by atoms with Crippen molar-refractivity contribution in [2.24, 2.45) is 0 Å². The second-order valence-corrected chi connectivity index (χ2v) is 3.15. The lowest BCUT2D eigenvalue weighted by Gasteiger charge is -2.12. The number of benzene rings is 1. The second kappa shape index (κ2) is 6.49. The van der Waals surface area contributed by atoms with Crippen molar-refractivity contribution in [2.45, 2.75) is 20.0 Å². The standard InChI is InChI=1S/C9H7ClF3NO.C2H6/c1-14-8(15)7-5(9(11,12)13)3-2-4-6(7)10;1-2/h2-4H,1H3,(H,14,15);1-2H3. The first-order valence-corrected chi connectivity index (χ1v) is 5.33. The molecule has 0 saturated heterocycles. The van der Waals surface area contributed by atoms with Crippen molar-refractivity contribution in [3.8, 4) is 0 Å². The van der Waals surface area contributed by atoms with Gasteiger partial charge < -0.3 is 5.32 Å². The number of amides is 1. The van der Waals surface area contributed by atoms with Gasteiger partial charge in [0.25, 0.3) is 5.91 Å². The number of alkyl halides is 3. The molecule has 2 nitrogen and oxygen atoms in total. The lowest BCUT2D eigenvalue weighted by atomic mass is 10.1. The zero-order valence-electron chi connectivity index (χ0n) is 9.65. The van der Waals surface area contributed by atoms with Crippen LogP contribution in [0.3, 0.4) is 0 Å². The van der Waals surface area contributed by atoms with Crippen LogP contribution in [0.1, 0.15) is 29.8 Å². The number of hydrogen-bond donors (Lipinski definition) is 1. The fourth-order valence-corrected chi connectivity index (χ4v) is 1.38. The molecule has 1 N–H and O–H groups in total. The maximum atomic E-state index is 12.5. The van der Waals surface area contributed by atoms with E-state index in [1.54, 1.807) is 0 Å². The summed E-state index contributed by atoms with van der Waals surface area (Å²) in [4.78, 5) is 11.2. The second-order valence-electron chi connectivity index (χ2n) is 2.74. The molecule has 0 atom stereocenters. The van der Waals surface area contributed by atoms with Crippen LogP contribution in [0.2, 0.25) is 5.02 Å². The number of carbonyl (C=O) groups is 1. The summed E-state index contributed by atoms with van der Waals surface area (Å²) in [5.41, 5.74) is -1.58. The third kappa shape index (κ3) is 3.93. The topological polar surface area (TPSA) is 29.1 Å². The Balaban J connectivity index is 0.00000121. The zero-order valence-corrected chi connectivity index (χ0v) is 10.4. The van der Waals surface area contributed by atoms with Crippen LogP contribution in [-0.4, -0.2) is 13.0 Å². The molecule has 0 bridgehead atoms. The lowest BCUT2D eigenvalue weighted by Crippen LogP contribution is -2.23. The van der Waals surface area contributed by atoms with Gasteiger partial charge in [0.05, 0.1) is 16.1 Å². The van der Waals surface area contributed by atoms with E-state index in [1.807, 2.05) is 13.8 Å². The largest absolute Gasteiger partial charge is 0.417 e. The fraction of sp³-hybridized carbons (Fsp3) is 0.364. The Hall–Kier alpha value is -1.23. The van der Waals surface area contributed by atoms with Crippen LogP contribution in [0.4, 0.5) is 13.2 Å². The minimum atomic E-state index is -4.59. The van der Waals surface area contributed by atoms with E-state index in [9.17, 15) is 18.0 Å². The highest BCUT2D eigenvalue weighted by Crippen LogP contribution is 2.34. The first-order valence-electron chi connectivity index (χ1n) is 4.95. The molecule has 0 aliphatic carbocycles. The Morgan fingerprint density at radius 2 is 1.82 bits per heavy atom. The number of nitrogens with one attached hydrogen (secondary N) is 1. The van der Waals surface area contributed by atoms with Gasteiger partial charge in [-0.05, 0) is 12.1 Å². The van der Waals surface area contributed by atoms with Crippen LogP contribution in [0.5, 0.6) is 0 Å². The van der Waals surface area contributed by atoms with Gasteiger partial charge in [0.2, 0.25) is 0 Å². The molecule has 1 amide bonds. The van der Waals surface area contributed by atoms with E-state index >= 15 is 0 Å². The van der Waals surface area contributed by atoms with E-state index in [0.717, 1.165) is 12.1 Å². The van der Waals surface area contributed by atoms with E-state index in [2.05, 4.69) is 5.32 Å². The molecule has 1 aromatic carbocycles. The van der Waals surface area contributed by atoms with Crippen LogP contribution in [0.25, 0.3) is 0 Å². The van der Waals surface area contributed by atoms with Crippen molar-refractivity contribution in [3.05, 3.63) is 34.3 Å². The molecule has 0 aromatic heterocycles. The summed E-state index contributed by atoms with van der Waals surface area (Å²) in [5.74, 6) is -0.854. The molecule has 0 aliphatic rings. The summed E-state index contributed by atoms with van der Waals surface area (Å²) >= 11 is 5.55. The molecule has 1 aromatic rings.